The van der Waals surface area contributed by atoms with E-state index in [9.17, 15) is 18.0 Å². The van der Waals surface area contributed by atoms with Gasteiger partial charge in [-0.3, -0.25) is 9.69 Å². The highest BCUT2D eigenvalue weighted by atomic mass is 19.4. The maximum Gasteiger partial charge on any atom is 0.398 e. The van der Waals surface area contributed by atoms with Crippen molar-refractivity contribution >= 4 is 5.78 Å². The molecule has 2 bridgehead atoms. The Balaban J connectivity index is 1.80. The van der Waals surface area contributed by atoms with Crippen LogP contribution < -0.4 is 0 Å². The van der Waals surface area contributed by atoms with Crippen LogP contribution in [0, 0.1) is 5.92 Å². The molecular formula is C16H18F3NO. The highest BCUT2D eigenvalue weighted by Crippen LogP contribution is 2.41. The van der Waals surface area contributed by atoms with Gasteiger partial charge in [0.25, 0.3) is 0 Å². The number of benzene rings is 1. The van der Waals surface area contributed by atoms with Gasteiger partial charge in [0.05, 0.1) is 0 Å². The van der Waals surface area contributed by atoms with Gasteiger partial charge in [0.15, 0.2) is 0 Å². The first-order valence-corrected chi connectivity index (χ1v) is 7.34. The molecule has 0 saturated carbocycles. The van der Waals surface area contributed by atoms with Crippen LogP contribution in [0.25, 0.3) is 0 Å². The SMILES string of the molecule is O=C1CC2CCC(CC1C(F)(F)F)N2Cc1ccccc1. The lowest BCUT2D eigenvalue weighted by Crippen LogP contribution is -2.35. The van der Waals surface area contributed by atoms with Gasteiger partial charge in [0, 0.05) is 25.0 Å². The number of hydrogen-bond donors (Lipinski definition) is 0. The topological polar surface area (TPSA) is 20.3 Å². The summed E-state index contributed by atoms with van der Waals surface area (Å²) in [5.74, 6) is -2.40. The summed E-state index contributed by atoms with van der Waals surface area (Å²) in [6, 6.07) is 9.57. The van der Waals surface area contributed by atoms with Gasteiger partial charge in [-0.25, -0.2) is 0 Å². The summed E-state index contributed by atoms with van der Waals surface area (Å²) in [7, 11) is 0. The third kappa shape index (κ3) is 2.98. The number of carbonyl (C=O) groups excluding carboxylic acids is 1. The second-order valence-corrected chi connectivity index (χ2v) is 6.04. The minimum absolute atomic E-state index is 0.0324. The molecule has 2 fully saturated rings. The van der Waals surface area contributed by atoms with Gasteiger partial charge in [-0.2, -0.15) is 13.2 Å². The van der Waals surface area contributed by atoms with Crippen LogP contribution in [0.1, 0.15) is 31.2 Å². The minimum atomic E-state index is -4.40. The lowest BCUT2D eigenvalue weighted by molar-refractivity contribution is -0.183. The first-order chi connectivity index (χ1) is 9.95. The summed E-state index contributed by atoms with van der Waals surface area (Å²) >= 11 is 0. The van der Waals surface area contributed by atoms with E-state index >= 15 is 0 Å². The Morgan fingerprint density at radius 3 is 2.43 bits per heavy atom. The highest BCUT2D eigenvalue weighted by molar-refractivity contribution is 5.82. The predicted molar refractivity (Wildman–Crippen MR) is 72.6 cm³/mol. The first-order valence-electron chi connectivity index (χ1n) is 7.34. The van der Waals surface area contributed by atoms with Crippen molar-refractivity contribution in [2.24, 2.45) is 5.92 Å². The van der Waals surface area contributed by atoms with Crippen LogP contribution in [0.15, 0.2) is 30.3 Å². The number of nitrogens with zero attached hydrogens (tertiary/aromatic N) is 1. The second kappa shape index (κ2) is 5.44. The molecule has 3 unspecified atom stereocenters. The summed E-state index contributed by atoms with van der Waals surface area (Å²) < 4.78 is 39.0. The molecule has 0 radical (unpaired) electrons. The molecule has 2 aliphatic heterocycles. The lowest BCUT2D eigenvalue weighted by atomic mass is 9.89. The fourth-order valence-corrected chi connectivity index (χ4v) is 3.63. The molecule has 114 valence electrons. The van der Waals surface area contributed by atoms with Crippen LogP contribution in [0.3, 0.4) is 0 Å². The minimum Gasteiger partial charge on any atom is -0.299 e. The molecule has 2 saturated heterocycles. The molecule has 0 aromatic heterocycles. The van der Waals surface area contributed by atoms with Crippen LogP contribution >= 0.6 is 0 Å². The van der Waals surface area contributed by atoms with Gasteiger partial charge in [0.2, 0.25) is 0 Å². The number of ketones is 1. The Morgan fingerprint density at radius 1 is 1.10 bits per heavy atom. The fraction of sp³-hybridized carbons (Fsp3) is 0.562. The van der Waals surface area contributed by atoms with Crippen LogP contribution in [0.2, 0.25) is 0 Å². The average molecular weight is 297 g/mol. The lowest BCUT2D eigenvalue weighted by Gasteiger charge is -2.28. The molecule has 21 heavy (non-hydrogen) atoms. The largest absolute Gasteiger partial charge is 0.398 e. The molecule has 5 heteroatoms. The third-order valence-electron chi connectivity index (χ3n) is 4.71. The van der Waals surface area contributed by atoms with Crippen molar-refractivity contribution in [3.05, 3.63) is 35.9 Å². The monoisotopic (exact) mass is 297 g/mol. The zero-order valence-electron chi connectivity index (χ0n) is 11.6. The Morgan fingerprint density at radius 2 is 1.76 bits per heavy atom. The molecule has 0 aliphatic carbocycles. The van der Waals surface area contributed by atoms with Gasteiger partial charge in [-0.15, -0.1) is 0 Å². The third-order valence-corrected chi connectivity index (χ3v) is 4.71. The molecule has 2 aliphatic rings. The quantitative estimate of drug-likeness (QED) is 0.832. The summed E-state index contributed by atoms with van der Waals surface area (Å²) in [6.45, 7) is 0.633. The van der Waals surface area contributed by atoms with E-state index in [0.29, 0.717) is 6.54 Å². The smallest absolute Gasteiger partial charge is 0.299 e. The zero-order chi connectivity index (χ0) is 15.0. The standard InChI is InChI=1S/C16H18F3NO/c17-16(18,19)14-8-12-6-7-13(9-15(14)21)20(12)10-11-4-2-1-3-5-11/h1-5,12-14H,6-10H2. The first kappa shape index (κ1) is 14.6. The van der Waals surface area contributed by atoms with E-state index in [0.717, 1.165) is 18.4 Å². The predicted octanol–water partition coefficient (Wildman–Crippen LogP) is 3.56. The molecule has 3 rings (SSSR count). The maximum absolute atomic E-state index is 13.0. The van der Waals surface area contributed by atoms with E-state index in [1.165, 1.54) is 0 Å². The molecule has 0 N–H and O–H groups in total. The average Bonchev–Trinajstić information content (AvgIpc) is 2.70. The number of alkyl halides is 3. The van der Waals surface area contributed by atoms with Crippen LogP contribution in [-0.2, 0) is 11.3 Å². The molecule has 1 aromatic carbocycles. The van der Waals surface area contributed by atoms with Gasteiger partial charge in [0.1, 0.15) is 11.7 Å². The van der Waals surface area contributed by atoms with Crippen molar-refractivity contribution in [3.63, 3.8) is 0 Å². The van der Waals surface area contributed by atoms with Crippen molar-refractivity contribution in [3.8, 4) is 0 Å². The number of halogens is 3. The van der Waals surface area contributed by atoms with Crippen molar-refractivity contribution in [1.82, 2.24) is 4.90 Å². The molecule has 0 amide bonds. The van der Waals surface area contributed by atoms with Crippen molar-refractivity contribution in [2.75, 3.05) is 0 Å². The van der Waals surface area contributed by atoms with E-state index in [1.54, 1.807) is 0 Å². The maximum atomic E-state index is 13.0. The number of rotatable bonds is 2. The highest BCUT2D eigenvalue weighted by Gasteiger charge is 2.51. The van der Waals surface area contributed by atoms with E-state index in [1.807, 2.05) is 30.3 Å². The molecule has 3 atom stereocenters. The molecule has 2 nitrogen and oxygen atoms in total. The number of fused-ring (bicyclic) bond motifs is 2. The Labute approximate surface area is 121 Å². The van der Waals surface area contributed by atoms with E-state index in [2.05, 4.69) is 4.90 Å². The summed E-state index contributed by atoms with van der Waals surface area (Å²) in [5.41, 5.74) is 1.09. The summed E-state index contributed by atoms with van der Waals surface area (Å²) in [6.07, 6.45) is -2.86. The number of Topliss-reactive ketones (excluding diaryl/α,β-unsaturated/α-hetero) is 1. The van der Waals surface area contributed by atoms with Gasteiger partial charge in [-0.05, 0) is 24.8 Å². The van der Waals surface area contributed by atoms with E-state index in [-0.39, 0.29) is 24.9 Å². The van der Waals surface area contributed by atoms with E-state index < -0.39 is 17.9 Å². The van der Waals surface area contributed by atoms with Crippen LogP contribution in [0.5, 0.6) is 0 Å². The van der Waals surface area contributed by atoms with Crippen molar-refractivity contribution in [2.45, 2.75) is 50.5 Å². The van der Waals surface area contributed by atoms with Gasteiger partial charge < -0.3 is 0 Å². The fourth-order valence-electron chi connectivity index (χ4n) is 3.63. The zero-order valence-corrected chi connectivity index (χ0v) is 11.6. The molecule has 0 spiro atoms. The molecule has 2 heterocycles. The van der Waals surface area contributed by atoms with Crippen LogP contribution in [0.4, 0.5) is 13.2 Å². The van der Waals surface area contributed by atoms with Crippen LogP contribution in [-0.4, -0.2) is 28.9 Å². The number of hydrogen-bond acceptors (Lipinski definition) is 2. The van der Waals surface area contributed by atoms with Gasteiger partial charge in [-0.1, -0.05) is 30.3 Å². The van der Waals surface area contributed by atoms with E-state index in [4.69, 9.17) is 0 Å². The van der Waals surface area contributed by atoms with Crippen molar-refractivity contribution in [1.29, 1.82) is 0 Å². The Hall–Kier alpha value is -1.36. The summed E-state index contributed by atoms with van der Waals surface area (Å²) in [5, 5.41) is 0. The Kier molecular flexibility index (Phi) is 3.78. The Bertz CT molecular complexity index is 514. The molecule has 1 aromatic rings. The normalized spacial score (nSPS) is 30.4. The summed E-state index contributed by atoms with van der Waals surface area (Å²) in [4.78, 5) is 14.0. The van der Waals surface area contributed by atoms with Gasteiger partial charge >= 0.3 is 6.18 Å². The van der Waals surface area contributed by atoms with Crippen molar-refractivity contribution < 1.29 is 18.0 Å². The molecular weight excluding hydrogens is 279 g/mol. The number of carbonyl (C=O) groups is 1. The second-order valence-electron chi connectivity index (χ2n) is 6.04.